The number of para-hydroxylation sites is 1. The zero-order valence-corrected chi connectivity index (χ0v) is 18.6. The summed E-state index contributed by atoms with van der Waals surface area (Å²) in [5.74, 6) is 1.01. The van der Waals surface area contributed by atoms with Crippen LogP contribution in [0, 0.1) is 0 Å². The van der Waals surface area contributed by atoms with Gasteiger partial charge in [-0.3, -0.25) is 25.2 Å². The predicted octanol–water partition coefficient (Wildman–Crippen LogP) is 2.11. The first kappa shape index (κ1) is 21.4. The minimum atomic E-state index is -0.343. The van der Waals surface area contributed by atoms with Gasteiger partial charge in [-0.15, -0.1) is 23.1 Å². The summed E-state index contributed by atoms with van der Waals surface area (Å²) >= 11 is 2.91. The Bertz CT molecular complexity index is 1190. The number of aromatic amines is 1. The SMILES string of the molecule is COc1ccccc1CC(=O)NNC(=O)CSCc1nc2sc3c(c2c(=O)[nH]1)CCC3. The van der Waals surface area contributed by atoms with Crippen molar-refractivity contribution in [2.45, 2.75) is 31.4 Å². The van der Waals surface area contributed by atoms with E-state index >= 15 is 0 Å². The maximum absolute atomic E-state index is 12.5. The number of hydrogen-bond donors (Lipinski definition) is 3. The number of carbonyl (C=O) groups excluding carboxylic acids is 2. The maximum atomic E-state index is 12.5. The molecule has 0 bridgehead atoms. The van der Waals surface area contributed by atoms with Crippen molar-refractivity contribution >= 4 is 45.1 Å². The van der Waals surface area contributed by atoms with Crippen LogP contribution >= 0.6 is 23.1 Å². The van der Waals surface area contributed by atoms with E-state index < -0.39 is 0 Å². The Morgan fingerprint density at radius 1 is 1.23 bits per heavy atom. The Hall–Kier alpha value is -2.85. The molecular formula is C21H22N4O4S2. The van der Waals surface area contributed by atoms with Crippen LogP contribution in [0.4, 0.5) is 0 Å². The molecule has 1 aliphatic rings. The van der Waals surface area contributed by atoms with Gasteiger partial charge in [0.1, 0.15) is 16.4 Å². The van der Waals surface area contributed by atoms with E-state index in [0.717, 1.165) is 40.6 Å². The Kier molecular flexibility index (Phi) is 6.57. The molecule has 0 saturated heterocycles. The molecule has 162 valence electrons. The van der Waals surface area contributed by atoms with Gasteiger partial charge in [0.15, 0.2) is 0 Å². The van der Waals surface area contributed by atoms with Crippen molar-refractivity contribution in [3.8, 4) is 5.75 Å². The second kappa shape index (κ2) is 9.52. The van der Waals surface area contributed by atoms with Crippen LogP contribution in [-0.4, -0.2) is 34.6 Å². The molecule has 0 saturated carbocycles. The third-order valence-electron chi connectivity index (χ3n) is 4.98. The zero-order chi connectivity index (χ0) is 21.8. The van der Waals surface area contributed by atoms with Gasteiger partial charge in [-0.1, -0.05) is 18.2 Å². The van der Waals surface area contributed by atoms with Crippen molar-refractivity contribution in [2.24, 2.45) is 0 Å². The van der Waals surface area contributed by atoms with E-state index in [2.05, 4.69) is 20.8 Å². The van der Waals surface area contributed by atoms with E-state index in [1.807, 2.05) is 12.1 Å². The standard InChI is InChI=1S/C21H22N4O4S2/c1-29-14-7-3-2-5-12(14)9-17(26)24-25-18(27)11-30-10-16-22-20(28)19-13-6-4-8-15(13)31-21(19)23-16/h2-3,5,7H,4,6,8-11H2,1H3,(H,24,26)(H,25,27)(H,22,23,28). The first-order valence-electron chi connectivity index (χ1n) is 9.86. The number of hydrogen-bond acceptors (Lipinski definition) is 7. The number of methoxy groups -OCH3 is 1. The van der Waals surface area contributed by atoms with Gasteiger partial charge in [-0.2, -0.15) is 0 Å². The lowest BCUT2D eigenvalue weighted by atomic mass is 10.1. The largest absolute Gasteiger partial charge is 0.496 e. The van der Waals surface area contributed by atoms with E-state index in [-0.39, 0.29) is 29.5 Å². The van der Waals surface area contributed by atoms with Crippen LogP contribution in [0.25, 0.3) is 10.2 Å². The van der Waals surface area contributed by atoms with E-state index in [0.29, 0.717) is 17.3 Å². The second-order valence-electron chi connectivity index (χ2n) is 7.13. The molecule has 0 fully saturated rings. The van der Waals surface area contributed by atoms with Crippen molar-refractivity contribution in [3.05, 3.63) is 56.4 Å². The van der Waals surface area contributed by atoms with Gasteiger partial charge >= 0.3 is 0 Å². The molecule has 1 aromatic carbocycles. The molecule has 10 heteroatoms. The normalized spacial score (nSPS) is 12.5. The van der Waals surface area contributed by atoms with Gasteiger partial charge in [-0.05, 0) is 30.9 Å². The molecule has 2 heterocycles. The van der Waals surface area contributed by atoms with Crippen LogP contribution in [0.3, 0.4) is 0 Å². The fourth-order valence-electron chi connectivity index (χ4n) is 3.60. The van der Waals surface area contributed by atoms with Crippen molar-refractivity contribution in [1.82, 2.24) is 20.8 Å². The summed E-state index contributed by atoms with van der Waals surface area (Å²) in [6, 6.07) is 7.21. The maximum Gasteiger partial charge on any atom is 0.259 e. The second-order valence-corrected chi connectivity index (χ2v) is 9.20. The molecule has 31 heavy (non-hydrogen) atoms. The third kappa shape index (κ3) is 4.91. The lowest BCUT2D eigenvalue weighted by Crippen LogP contribution is -2.43. The number of fused-ring (bicyclic) bond motifs is 3. The number of aromatic nitrogens is 2. The molecule has 1 aliphatic carbocycles. The summed E-state index contributed by atoms with van der Waals surface area (Å²) in [6.45, 7) is 0. The number of benzene rings is 1. The fourth-order valence-corrected chi connectivity index (χ4v) is 5.57. The molecular weight excluding hydrogens is 436 g/mol. The van der Waals surface area contributed by atoms with Crippen LogP contribution in [-0.2, 0) is 34.6 Å². The first-order chi connectivity index (χ1) is 15.0. The van der Waals surface area contributed by atoms with Gasteiger partial charge in [0.25, 0.3) is 5.56 Å². The quantitative estimate of drug-likeness (QED) is 0.468. The summed E-state index contributed by atoms with van der Waals surface area (Å²) in [7, 11) is 1.54. The number of hydrazine groups is 1. The van der Waals surface area contributed by atoms with E-state index in [4.69, 9.17) is 4.74 Å². The summed E-state index contributed by atoms with van der Waals surface area (Å²) in [4.78, 5) is 46.0. The topological polar surface area (TPSA) is 113 Å². The van der Waals surface area contributed by atoms with Crippen LogP contribution in [0.2, 0.25) is 0 Å². The fraction of sp³-hybridized carbons (Fsp3) is 0.333. The van der Waals surface area contributed by atoms with E-state index in [9.17, 15) is 14.4 Å². The molecule has 0 atom stereocenters. The Labute approximate surface area is 186 Å². The minimum Gasteiger partial charge on any atom is -0.496 e. The van der Waals surface area contributed by atoms with Crippen LogP contribution in [0.15, 0.2) is 29.1 Å². The monoisotopic (exact) mass is 458 g/mol. The van der Waals surface area contributed by atoms with Crippen molar-refractivity contribution in [3.63, 3.8) is 0 Å². The molecule has 3 aromatic rings. The van der Waals surface area contributed by atoms with Crippen LogP contribution in [0.5, 0.6) is 5.75 Å². The average Bonchev–Trinajstić information content (AvgIpc) is 3.33. The van der Waals surface area contributed by atoms with Gasteiger partial charge in [0.05, 0.1) is 30.4 Å². The smallest absolute Gasteiger partial charge is 0.259 e. The Balaban J connectivity index is 1.25. The molecule has 0 aliphatic heterocycles. The van der Waals surface area contributed by atoms with Gasteiger partial charge in [-0.25, -0.2) is 4.98 Å². The summed E-state index contributed by atoms with van der Waals surface area (Å²) in [5.41, 5.74) is 6.59. The molecule has 0 unspecified atom stereocenters. The molecule has 2 amide bonds. The lowest BCUT2D eigenvalue weighted by Gasteiger charge is -2.09. The van der Waals surface area contributed by atoms with Crippen LogP contribution in [0.1, 0.15) is 28.2 Å². The predicted molar refractivity (Wildman–Crippen MR) is 121 cm³/mol. The summed E-state index contributed by atoms with van der Waals surface area (Å²) in [6.07, 6.45) is 3.14. The number of thioether (sulfide) groups is 1. The van der Waals surface area contributed by atoms with Gasteiger partial charge in [0, 0.05) is 10.4 Å². The highest BCUT2D eigenvalue weighted by Crippen LogP contribution is 2.34. The lowest BCUT2D eigenvalue weighted by molar-refractivity contribution is -0.127. The number of rotatable bonds is 7. The average molecular weight is 459 g/mol. The minimum absolute atomic E-state index is 0.0907. The first-order valence-corrected chi connectivity index (χ1v) is 11.8. The van der Waals surface area contributed by atoms with Gasteiger partial charge < -0.3 is 9.72 Å². The number of amides is 2. The number of nitrogens with zero attached hydrogens (tertiary/aromatic N) is 1. The number of aryl methyl sites for hydroxylation is 2. The highest BCUT2D eigenvalue weighted by atomic mass is 32.2. The highest BCUT2D eigenvalue weighted by molar-refractivity contribution is 7.99. The third-order valence-corrected chi connectivity index (χ3v) is 7.11. The molecule has 4 rings (SSSR count). The number of nitrogens with one attached hydrogen (secondary N) is 3. The van der Waals surface area contributed by atoms with Crippen molar-refractivity contribution in [2.75, 3.05) is 12.9 Å². The van der Waals surface area contributed by atoms with Crippen LogP contribution < -0.4 is 21.1 Å². The van der Waals surface area contributed by atoms with Crippen molar-refractivity contribution in [1.29, 1.82) is 0 Å². The molecule has 3 N–H and O–H groups in total. The number of thiophene rings is 1. The summed E-state index contributed by atoms with van der Waals surface area (Å²) < 4.78 is 5.22. The highest BCUT2D eigenvalue weighted by Gasteiger charge is 2.21. The number of H-pyrrole nitrogens is 1. The Morgan fingerprint density at radius 2 is 2.03 bits per heavy atom. The molecule has 0 radical (unpaired) electrons. The summed E-state index contributed by atoms with van der Waals surface area (Å²) in [5, 5.41) is 0.724. The molecule has 8 nitrogen and oxygen atoms in total. The van der Waals surface area contributed by atoms with E-state index in [1.54, 1.807) is 30.6 Å². The van der Waals surface area contributed by atoms with E-state index in [1.165, 1.54) is 16.6 Å². The molecule has 0 spiro atoms. The Morgan fingerprint density at radius 3 is 2.87 bits per heavy atom. The van der Waals surface area contributed by atoms with Crippen molar-refractivity contribution < 1.29 is 14.3 Å². The number of carbonyl (C=O) groups is 2. The zero-order valence-electron chi connectivity index (χ0n) is 16.9. The van der Waals surface area contributed by atoms with Gasteiger partial charge in [0.2, 0.25) is 11.8 Å². The molecule has 2 aromatic heterocycles. The number of ether oxygens (including phenoxy) is 1.